The van der Waals surface area contributed by atoms with Crippen molar-refractivity contribution in [2.24, 2.45) is 0 Å². The molecule has 7 nitrogen and oxygen atoms in total. The number of nitrogens with zero attached hydrogens (tertiary/aromatic N) is 3. The molecule has 0 bridgehead atoms. The van der Waals surface area contributed by atoms with Crippen molar-refractivity contribution < 1.29 is 8.42 Å². The topological polar surface area (TPSA) is 118 Å². The monoisotopic (exact) mass is 359 g/mol. The molecule has 3 N–H and O–H groups in total. The van der Waals surface area contributed by atoms with Crippen LogP contribution in [0.25, 0.3) is 10.9 Å². The molecular formula is C17H21N5O2S. The predicted octanol–water partition coefficient (Wildman–Crippen LogP) is 2.55. The fourth-order valence-electron chi connectivity index (χ4n) is 2.51. The van der Waals surface area contributed by atoms with Crippen LogP contribution < -0.4 is 5.73 Å². The number of nitriles is 1. The molecule has 1 aromatic carbocycles. The maximum absolute atomic E-state index is 11.0. The standard InChI is InChI=1S/C11H10N2.C6H11N3O2S/c1-7-3-4-8(2)11-10(7)9(5-12)6-13-11;1-3-9-4-5(6(7)8-9)12(2,10)11/h3-4,6,13H,1-2H3;4H,3H2,1-2H3,(H2,7,8). The van der Waals surface area contributed by atoms with E-state index in [-0.39, 0.29) is 10.7 Å². The molecule has 0 atom stereocenters. The molecule has 132 valence electrons. The van der Waals surface area contributed by atoms with Crippen LogP contribution in [0.4, 0.5) is 5.82 Å². The molecule has 25 heavy (non-hydrogen) atoms. The minimum atomic E-state index is -3.23. The lowest BCUT2D eigenvalue weighted by Crippen LogP contribution is -1.99. The van der Waals surface area contributed by atoms with E-state index in [1.54, 1.807) is 6.20 Å². The third-order valence-electron chi connectivity index (χ3n) is 3.85. The zero-order valence-corrected chi connectivity index (χ0v) is 15.5. The molecule has 8 heteroatoms. The molecule has 0 fully saturated rings. The van der Waals surface area contributed by atoms with E-state index in [1.165, 1.54) is 16.4 Å². The van der Waals surface area contributed by atoms with Crippen molar-refractivity contribution in [3.05, 3.63) is 41.2 Å². The average Bonchev–Trinajstić information content (AvgIpc) is 3.15. The average molecular weight is 359 g/mol. The van der Waals surface area contributed by atoms with E-state index in [9.17, 15) is 8.42 Å². The third kappa shape index (κ3) is 3.83. The van der Waals surface area contributed by atoms with Crippen LogP contribution in [0.3, 0.4) is 0 Å². The third-order valence-corrected chi connectivity index (χ3v) is 4.96. The van der Waals surface area contributed by atoms with Gasteiger partial charge in [-0.15, -0.1) is 0 Å². The van der Waals surface area contributed by atoms with Gasteiger partial charge in [0.05, 0.1) is 5.56 Å². The van der Waals surface area contributed by atoms with Gasteiger partial charge in [-0.25, -0.2) is 8.42 Å². The molecule has 2 aromatic heterocycles. The van der Waals surface area contributed by atoms with Gasteiger partial charge in [0.2, 0.25) is 0 Å². The molecule has 0 aliphatic heterocycles. The number of hydrogen-bond acceptors (Lipinski definition) is 5. The van der Waals surface area contributed by atoms with Crippen molar-refractivity contribution in [2.75, 3.05) is 12.0 Å². The van der Waals surface area contributed by atoms with Gasteiger partial charge in [-0.3, -0.25) is 4.68 Å². The minimum Gasteiger partial charge on any atom is -0.381 e. The van der Waals surface area contributed by atoms with Crippen LogP contribution in [-0.4, -0.2) is 29.4 Å². The van der Waals surface area contributed by atoms with E-state index in [0.29, 0.717) is 6.54 Å². The number of anilines is 1. The van der Waals surface area contributed by atoms with Gasteiger partial charge in [-0.1, -0.05) is 12.1 Å². The molecule has 0 aliphatic carbocycles. The predicted molar refractivity (Wildman–Crippen MR) is 97.9 cm³/mol. The number of aromatic amines is 1. The van der Waals surface area contributed by atoms with Crippen molar-refractivity contribution >= 4 is 26.6 Å². The quantitative estimate of drug-likeness (QED) is 0.729. The number of aromatic nitrogens is 3. The summed E-state index contributed by atoms with van der Waals surface area (Å²) in [5.41, 5.74) is 9.54. The van der Waals surface area contributed by atoms with E-state index in [4.69, 9.17) is 11.0 Å². The molecular weight excluding hydrogens is 338 g/mol. The molecule has 0 aliphatic rings. The molecule has 0 radical (unpaired) electrons. The van der Waals surface area contributed by atoms with E-state index < -0.39 is 9.84 Å². The number of hydrogen-bond donors (Lipinski definition) is 2. The second-order valence-corrected chi connectivity index (χ2v) is 7.75. The fourth-order valence-corrected chi connectivity index (χ4v) is 3.25. The van der Waals surface area contributed by atoms with E-state index >= 15 is 0 Å². The van der Waals surface area contributed by atoms with E-state index in [2.05, 4.69) is 22.2 Å². The Labute approximate surface area is 147 Å². The zero-order valence-electron chi connectivity index (χ0n) is 14.7. The summed E-state index contributed by atoms with van der Waals surface area (Å²) in [4.78, 5) is 3.23. The summed E-state index contributed by atoms with van der Waals surface area (Å²) in [6.07, 6.45) is 4.32. The van der Waals surface area contributed by atoms with Crippen LogP contribution in [0.5, 0.6) is 0 Å². The molecule has 2 heterocycles. The Kier molecular flexibility index (Phi) is 5.18. The first-order valence-corrected chi connectivity index (χ1v) is 9.58. The number of rotatable bonds is 2. The maximum atomic E-state index is 11.0. The molecule has 3 rings (SSSR count). The second-order valence-electron chi connectivity index (χ2n) is 5.77. The molecule has 0 unspecified atom stereocenters. The van der Waals surface area contributed by atoms with Crippen LogP contribution in [0, 0.1) is 25.2 Å². The van der Waals surface area contributed by atoms with Gasteiger partial charge < -0.3 is 10.7 Å². The SMILES string of the molecule is CCn1cc(S(C)(=O)=O)c(N)n1.Cc1ccc(C)c2c(C#N)c[nH]c12. The Balaban J connectivity index is 0.000000181. The Morgan fingerprint density at radius 2 is 1.96 bits per heavy atom. The highest BCUT2D eigenvalue weighted by atomic mass is 32.2. The number of sulfone groups is 1. The Bertz CT molecular complexity index is 1050. The minimum absolute atomic E-state index is 0.0688. The van der Waals surface area contributed by atoms with E-state index in [1.807, 2.05) is 26.8 Å². The number of nitrogen functional groups attached to an aromatic ring is 1. The summed E-state index contributed by atoms with van der Waals surface area (Å²) in [7, 11) is -3.23. The van der Waals surface area contributed by atoms with Crippen LogP contribution in [0.15, 0.2) is 29.4 Å². The zero-order chi connectivity index (χ0) is 18.8. The summed E-state index contributed by atoms with van der Waals surface area (Å²) < 4.78 is 23.6. The van der Waals surface area contributed by atoms with Gasteiger partial charge in [0.15, 0.2) is 15.7 Å². The second kappa shape index (κ2) is 6.99. The van der Waals surface area contributed by atoms with Gasteiger partial charge in [0, 0.05) is 36.1 Å². The molecule has 0 amide bonds. The first-order valence-electron chi connectivity index (χ1n) is 7.69. The number of H-pyrrole nitrogens is 1. The summed E-state index contributed by atoms with van der Waals surface area (Å²) in [5.74, 6) is 0.0688. The van der Waals surface area contributed by atoms with Gasteiger partial charge in [0.25, 0.3) is 0 Å². The molecule has 3 aromatic rings. The first kappa shape index (κ1) is 18.5. The Hall–Kier alpha value is -2.79. The van der Waals surface area contributed by atoms with Crippen molar-refractivity contribution in [1.29, 1.82) is 5.26 Å². The highest BCUT2D eigenvalue weighted by Gasteiger charge is 2.14. The normalized spacial score (nSPS) is 11.0. The van der Waals surface area contributed by atoms with Gasteiger partial charge >= 0.3 is 0 Å². The number of nitrogens with one attached hydrogen (secondary N) is 1. The van der Waals surface area contributed by atoms with Crippen LogP contribution in [-0.2, 0) is 16.4 Å². The molecule has 0 saturated heterocycles. The van der Waals surface area contributed by atoms with Gasteiger partial charge in [-0.2, -0.15) is 10.4 Å². The summed E-state index contributed by atoms with van der Waals surface area (Å²) in [6.45, 7) is 6.54. The first-order chi connectivity index (χ1) is 11.7. The van der Waals surface area contributed by atoms with Gasteiger partial charge in [-0.05, 0) is 31.9 Å². The van der Waals surface area contributed by atoms with Crippen molar-refractivity contribution in [1.82, 2.24) is 14.8 Å². The van der Waals surface area contributed by atoms with Crippen LogP contribution in [0.2, 0.25) is 0 Å². The van der Waals surface area contributed by atoms with Crippen molar-refractivity contribution in [3.8, 4) is 6.07 Å². The van der Waals surface area contributed by atoms with Crippen molar-refractivity contribution in [2.45, 2.75) is 32.2 Å². The van der Waals surface area contributed by atoms with Gasteiger partial charge in [0.1, 0.15) is 11.0 Å². The molecule has 0 spiro atoms. The largest absolute Gasteiger partial charge is 0.381 e. The summed E-state index contributed by atoms with van der Waals surface area (Å²) in [6, 6.07) is 6.30. The fraction of sp³-hybridized carbons (Fsp3) is 0.294. The highest BCUT2D eigenvalue weighted by Crippen LogP contribution is 2.24. The number of fused-ring (bicyclic) bond motifs is 1. The van der Waals surface area contributed by atoms with Crippen LogP contribution >= 0.6 is 0 Å². The number of benzene rings is 1. The molecule has 0 saturated carbocycles. The maximum Gasteiger partial charge on any atom is 0.180 e. The number of aryl methyl sites for hydroxylation is 3. The lowest BCUT2D eigenvalue weighted by atomic mass is 10.1. The number of nitrogens with two attached hydrogens (primary N) is 1. The summed E-state index contributed by atoms with van der Waals surface area (Å²) >= 11 is 0. The van der Waals surface area contributed by atoms with E-state index in [0.717, 1.165) is 28.3 Å². The Morgan fingerprint density at radius 3 is 2.44 bits per heavy atom. The lowest BCUT2D eigenvalue weighted by molar-refractivity contribution is 0.601. The van der Waals surface area contributed by atoms with Crippen molar-refractivity contribution in [3.63, 3.8) is 0 Å². The highest BCUT2D eigenvalue weighted by molar-refractivity contribution is 7.90. The Morgan fingerprint density at radius 1 is 1.32 bits per heavy atom. The van der Waals surface area contributed by atoms with Crippen LogP contribution in [0.1, 0.15) is 23.6 Å². The smallest absolute Gasteiger partial charge is 0.180 e. The summed E-state index contributed by atoms with van der Waals surface area (Å²) in [5, 5.41) is 13.7. The lowest BCUT2D eigenvalue weighted by Gasteiger charge is -1.99.